The lowest BCUT2D eigenvalue weighted by Crippen LogP contribution is -2.35. The third kappa shape index (κ3) is 6.55. The summed E-state index contributed by atoms with van der Waals surface area (Å²) in [6.07, 6.45) is -0.253. The molecule has 7 nitrogen and oxygen atoms in total. The first kappa shape index (κ1) is 21.2. The van der Waals surface area contributed by atoms with Crippen LogP contribution >= 0.6 is 11.6 Å². The lowest BCUT2D eigenvalue weighted by atomic mass is 10.0. The van der Waals surface area contributed by atoms with Crippen molar-refractivity contribution < 1.29 is 23.5 Å². The van der Waals surface area contributed by atoms with Crippen LogP contribution in [0.4, 0.5) is 14.9 Å². The van der Waals surface area contributed by atoms with E-state index in [1.807, 2.05) is 0 Å². The molecule has 0 heterocycles. The van der Waals surface area contributed by atoms with Crippen LogP contribution in [0.25, 0.3) is 0 Å². The van der Waals surface area contributed by atoms with Crippen molar-refractivity contribution >= 4 is 35.2 Å². The summed E-state index contributed by atoms with van der Waals surface area (Å²) in [6, 6.07) is 9.21. The summed E-state index contributed by atoms with van der Waals surface area (Å²) >= 11 is 5.82. The Labute approximate surface area is 166 Å². The van der Waals surface area contributed by atoms with Gasteiger partial charge in [-0.2, -0.15) is 0 Å². The fraction of sp³-hybridized carbons (Fsp3) is 0.211. The van der Waals surface area contributed by atoms with Gasteiger partial charge in [-0.25, -0.2) is 9.18 Å². The number of primary amides is 1. The monoisotopic (exact) mass is 407 g/mol. The minimum absolute atomic E-state index is 0.0129. The number of hydrogen-bond acceptors (Lipinski definition) is 4. The number of carbonyl (C=O) groups is 3. The fourth-order valence-corrected chi connectivity index (χ4v) is 2.52. The molecule has 2 rings (SSSR count). The Morgan fingerprint density at radius 3 is 2.46 bits per heavy atom. The van der Waals surface area contributed by atoms with Crippen molar-refractivity contribution in [3.8, 4) is 0 Å². The Bertz CT molecular complexity index is 874. The quantitative estimate of drug-likeness (QED) is 0.612. The summed E-state index contributed by atoms with van der Waals surface area (Å²) in [5, 5.41) is 5.24. The molecule has 0 saturated carbocycles. The number of carbonyl (C=O) groups excluding carboxylic acids is 3. The number of benzene rings is 2. The summed E-state index contributed by atoms with van der Waals surface area (Å²) in [5.41, 5.74) is 6.42. The summed E-state index contributed by atoms with van der Waals surface area (Å²) in [6.45, 7) is 1.11. The van der Waals surface area contributed by atoms with Crippen LogP contribution in [0.15, 0.2) is 42.5 Å². The average molecular weight is 408 g/mol. The number of anilines is 1. The van der Waals surface area contributed by atoms with Gasteiger partial charge in [-0.1, -0.05) is 29.8 Å². The second-order valence-electron chi connectivity index (χ2n) is 6.01. The van der Waals surface area contributed by atoms with Gasteiger partial charge in [0.2, 0.25) is 0 Å². The van der Waals surface area contributed by atoms with Crippen LogP contribution in [0, 0.1) is 12.7 Å². The van der Waals surface area contributed by atoms with Gasteiger partial charge in [0.15, 0.2) is 6.61 Å². The van der Waals surface area contributed by atoms with Gasteiger partial charge in [0.25, 0.3) is 5.91 Å². The van der Waals surface area contributed by atoms with Gasteiger partial charge >= 0.3 is 12.0 Å². The molecule has 28 heavy (non-hydrogen) atoms. The molecule has 0 fully saturated rings. The second-order valence-corrected chi connectivity index (χ2v) is 6.45. The maximum absolute atomic E-state index is 13.7. The molecule has 0 aliphatic heterocycles. The molecule has 0 aliphatic carbocycles. The van der Waals surface area contributed by atoms with Crippen molar-refractivity contribution in [3.05, 3.63) is 64.4 Å². The number of ether oxygens (including phenoxy) is 1. The molecule has 4 N–H and O–H groups in total. The van der Waals surface area contributed by atoms with Gasteiger partial charge < -0.3 is 21.1 Å². The number of nitrogens with two attached hydrogens (primary N) is 1. The largest absolute Gasteiger partial charge is 0.455 e. The van der Waals surface area contributed by atoms with E-state index in [1.165, 1.54) is 12.1 Å². The van der Waals surface area contributed by atoms with Crippen LogP contribution in [0.1, 0.15) is 23.6 Å². The van der Waals surface area contributed by atoms with Crippen LogP contribution in [0.2, 0.25) is 5.02 Å². The van der Waals surface area contributed by atoms with E-state index in [2.05, 4.69) is 10.6 Å². The highest BCUT2D eigenvalue weighted by Crippen LogP contribution is 2.20. The third-order valence-corrected chi connectivity index (χ3v) is 3.97. The molecular weight excluding hydrogens is 389 g/mol. The molecular formula is C19H19ClFN3O4. The number of esters is 1. The Balaban J connectivity index is 1.92. The van der Waals surface area contributed by atoms with Gasteiger partial charge in [0.1, 0.15) is 5.82 Å². The predicted octanol–water partition coefficient (Wildman–Crippen LogP) is 3.07. The van der Waals surface area contributed by atoms with Crippen LogP contribution in [-0.4, -0.2) is 24.5 Å². The van der Waals surface area contributed by atoms with Gasteiger partial charge in [-0.15, -0.1) is 0 Å². The highest BCUT2D eigenvalue weighted by molar-refractivity contribution is 6.30. The molecule has 148 valence electrons. The van der Waals surface area contributed by atoms with E-state index in [9.17, 15) is 18.8 Å². The molecule has 0 unspecified atom stereocenters. The minimum atomic E-state index is -0.819. The topological polar surface area (TPSA) is 111 Å². The van der Waals surface area contributed by atoms with Gasteiger partial charge in [-0.3, -0.25) is 9.59 Å². The highest BCUT2D eigenvalue weighted by Gasteiger charge is 2.19. The van der Waals surface area contributed by atoms with E-state index in [0.717, 1.165) is 0 Å². The van der Waals surface area contributed by atoms with E-state index < -0.39 is 36.4 Å². The molecule has 0 spiro atoms. The molecule has 0 bridgehead atoms. The van der Waals surface area contributed by atoms with Crippen molar-refractivity contribution in [3.63, 3.8) is 0 Å². The van der Waals surface area contributed by atoms with E-state index in [-0.39, 0.29) is 12.1 Å². The molecule has 1 atom stereocenters. The molecule has 0 aliphatic rings. The Hall–Kier alpha value is -3.13. The van der Waals surface area contributed by atoms with Crippen LogP contribution in [0.5, 0.6) is 0 Å². The average Bonchev–Trinajstić information content (AvgIpc) is 2.62. The zero-order valence-corrected chi connectivity index (χ0v) is 15.8. The molecule has 0 aromatic heterocycles. The minimum Gasteiger partial charge on any atom is -0.455 e. The Morgan fingerprint density at radius 2 is 1.86 bits per heavy atom. The first-order valence-corrected chi connectivity index (χ1v) is 8.65. The molecule has 9 heteroatoms. The maximum atomic E-state index is 13.7. The van der Waals surface area contributed by atoms with Crippen molar-refractivity contribution in [1.82, 2.24) is 5.32 Å². The molecule has 3 amide bonds. The smallest absolute Gasteiger partial charge is 0.312 e. The van der Waals surface area contributed by atoms with Gasteiger partial charge in [-0.05, 0) is 42.3 Å². The van der Waals surface area contributed by atoms with Crippen molar-refractivity contribution in [1.29, 1.82) is 0 Å². The van der Waals surface area contributed by atoms with Crippen molar-refractivity contribution in [2.45, 2.75) is 19.4 Å². The number of amides is 3. The van der Waals surface area contributed by atoms with E-state index >= 15 is 0 Å². The number of rotatable bonds is 7. The number of aryl methyl sites for hydroxylation is 1. The summed E-state index contributed by atoms with van der Waals surface area (Å²) in [5.74, 6) is -2.02. The zero-order chi connectivity index (χ0) is 20.7. The number of halogens is 2. The van der Waals surface area contributed by atoms with Crippen molar-refractivity contribution in [2.75, 3.05) is 11.9 Å². The number of urea groups is 1. The maximum Gasteiger partial charge on any atom is 0.312 e. The van der Waals surface area contributed by atoms with Crippen LogP contribution < -0.4 is 16.4 Å². The Kier molecular flexibility index (Phi) is 7.34. The standard InChI is InChI=1S/C19H19ClFN3O4/c1-11-2-7-15(14(21)8-11)23-17(25)10-28-18(26)9-16(24-19(22)27)12-3-5-13(20)6-4-12/h2-8,16H,9-10H2,1H3,(H,23,25)(H3,22,24,27)/t16-/m1/s1. The van der Waals surface area contributed by atoms with Crippen molar-refractivity contribution in [2.24, 2.45) is 5.73 Å². The number of hydrogen-bond donors (Lipinski definition) is 3. The summed E-state index contributed by atoms with van der Waals surface area (Å²) in [7, 11) is 0. The fourth-order valence-electron chi connectivity index (χ4n) is 2.40. The number of nitrogens with one attached hydrogen (secondary N) is 2. The summed E-state index contributed by atoms with van der Waals surface area (Å²) < 4.78 is 18.6. The van der Waals surface area contributed by atoms with E-state index in [0.29, 0.717) is 16.1 Å². The third-order valence-electron chi connectivity index (χ3n) is 3.72. The molecule has 0 saturated heterocycles. The Morgan fingerprint density at radius 1 is 1.18 bits per heavy atom. The predicted molar refractivity (Wildman–Crippen MR) is 102 cm³/mol. The lowest BCUT2D eigenvalue weighted by molar-refractivity contribution is -0.147. The first-order valence-electron chi connectivity index (χ1n) is 8.27. The molecule has 2 aromatic carbocycles. The second kappa shape index (κ2) is 9.70. The van der Waals surface area contributed by atoms with E-state index in [4.69, 9.17) is 22.1 Å². The normalized spacial score (nSPS) is 11.4. The SMILES string of the molecule is Cc1ccc(NC(=O)COC(=O)C[C@@H](NC(N)=O)c2ccc(Cl)cc2)c(F)c1. The highest BCUT2D eigenvalue weighted by atomic mass is 35.5. The molecule has 2 aromatic rings. The molecule has 0 radical (unpaired) electrons. The van der Waals surface area contributed by atoms with Crippen LogP contribution in [-0.2, 0) is 14.3 Å². The van der Waals surface area contributed by atoms with Gasteiger partial charge in [0.05, 0.1) is 18.2 Å². The first-order chi connectivity index (χ1) is 13.2. The lowest BCUT2D eigenvalue weighted by Gasteiger charge is -2.17. The van der Waals surface area contributed by atoms with Gasteiger partial charge in [0, 0.05) is 5.02 Å². The van der Waals surface area contributed by atoms with Crippen LogP contribution in [0.3, 0.4) is 0 Å². The zero-order valence-electron chi connectivity index (χ0n) is 15.0. The van der Waals surface area contributed by atoms with E-state index in [1.54, 1.807) is 37.3 Å². The summed E-state index contributed by atoms with van der Waals surface area (Å²) in [4.78, 5) is 35.1.